The highest BCUT2D eigenvalue weighted by Crippen LogP contribution is 2.35. The van der Waals surface area contributed by atoms with Crippen molar-refractivity contribution in [3.63, 3.8) is 0 Å². The largest absolute Gasteiger partial charge is 0.508 e. The third kappa shape index (κ3) is 1.80. The van der Waals surface area contributed by atoms with Gasteiger partial charge >= 0.3 is 0 Å². The van der Waals surface area contributed by atoms with Crippen molar-refractivity contribution >= 4 is 16.6 Å². The Bertz CT molecular complexity index is 876. The molecular weight excluding hydrogens is 276 g/mol. The summed E-state index contributed by atoms with van der Waals surface area (Å²) in [6.45, 7) is 0. The van der Waals surface area contributed by atoms with E-state index in [1.807, 2.05) is 24.3 Å². The lowest BCUT2D eigenvalue weighted by Gasteiger charge is -2.17. The summed E-state index contributed by atoms with van der Waals surface area (Å²) in [7, 11) is 0. The molecule has 3 aromatic rings. The lowest BCUT2D eigenvalue weighted by molar-refractivity contribution is 0.317. The predicted molar refractivity (Wildman–Crippen MR) is 86.2 cm³/mol. The van der Waals surface area contributed by atoms with Crippen molar-refractivity contribution in [1.82, 2.24) is 4.57 Å². The maximum Gasteiger partial charge on any atom is 0.115 e. The Balaban J connectivity index is 2.09. The van der Waals surface area contributed by atoms with Gasteiger partial charge in [0, 0.05) is 22.3 Å². The monoisotopic (exact) mass is 292 g/mol. The van der Waals surface area contributed by atoms with Crippen LogP contribution in [0.3, 0.4) is 0 Å². The second-order valence-electron chi connectivity index (χ2n) is 5.59. The maximum absolute atomic E-state index is 9.52. The van der Waals surface area contributed by atoms with E-state index in [1.54, 1.807) is 12.1 Å². The van der Waals surface area contributed by atoms with Crippen LogP contribution in [0.15, 0.2) is 53.7 Å². The first-order chi connectivity index (χ1) is 10.8. The summed E-state index contributed by atoms with van der Waals surface area (Å²) in [5.74, 6) is 0.256. The van der Waals surface area contributed by atoms with Crippen molar-refractivity contribution in [2.45, 2.75) is 19.3 Å². The molecule has 0 saturated carbocycles. The highest BCUT2D eigenvalue weighted by Gasteiger charge is 2.25. The van der Waals surface area contributed by atoms with Crippen LogP contribution in [0.5, 0.6) is 5.75 Å². The summed E-state index contributed by atoms with van der Waals surface area (Å²) < 4.78 is 2.20. The number of oxime groups is 1. The van der Waals surface area contributed by atoms with E-state index in [0.29, 0.717) is 0 Å². The van der Waals surface area contributed by atoms with E-state index >= 15 is 0 Å². The molecule has 1 heterocycles. The normalized spacial score (nSPS) is 16.1. The first-order valence-electron chi connectivity index (χ1n) is 7.42. The van der Waals surface area contributed by atoms with E-state index in [4.69, 9.17) is 0 Å². The first-order valence-corrected chi connectivity index (χ1v) is 7.42. The fourth-order valence-corrected chi connectivity index (χ4v) is 3.40. The van der Waals surface area contributed by atoms with Crippen molar-refractivity contribution in [3.05, 3.63) is 59.8 Å². The van der Waals surface area contributed by atoms with Gasteiger partial charge in [-0.15, -0.1) is 0 Å². The van der Waals surface area contributed by atoms with Gasteiger partial charge in [0.1, 0.15) is 5.75 Å². The molecule has 0 fully saturated rings. The highest BCUT2D eigenvalue weighted by molar-refractivity contribution is 6.13. The van der Waals surface area contributed by atoms with Crippen LogP contribution in [-0.4, -0.2) is 20.6 Å². The van der Waals surface area contributed by atoms with Crippen LogP contribution in [0, 0.1) is 0 Å². The quantitative estimate of drug-likeness (QED) is 0.528. The summed E-state index contributed by atoms with van der Waals surface area (Å²) in [6.07, 6.45) is 2.72. The molecule has 0 atom stereocenters. The molecule has 22 heavy (non-hydrogen) atoms. The maximum atomic E-state index is 9.52. The van der Waals surface area contributed by atoms with E-state index in [2.05, 4.69) is 21.9 Å². The molecule has 1 aliphatic rings. The van der Waals surface area contributed by atoms with Crippen molar-refractivity contribution in [2.75, 3.05) is 0 Å². The molecule has 0 saturated heterocycles. The van der Waals surface area contributed by atoms with Gasteiger partial charge in [-0.25, -0.2) is 0 Å². The van der Waals surface area contributed by atoms with Gasteiger partial charge in [-0.05, 0) is 49.6 Å². The minimum Gasteiger partial charge on any atom is -0.508 e. The minimum absolute atomic E-state index is 0.256. The molecule has 4 nitrogen and oxygen atoms in total. The number of rotatable bonds is 1. The van der Waals surface area contributed by atoms with Crippen molar-refractivity contribution in [2.24, 2.45) is 5.16 Å². The molecule has 0 radical (unpaired) electrons. The average Bonchev–Trinajstić information content (AvgIpc) is 2.90. The average molecular weight is 292 g/mol. The molecule has 4 heteroatoms. The highest BCUT2D eigenvalue weighted by atomic mass is 16.4. The zero-order valence-electron chi connectivity index (χ0n) is 12.0. The Morgan fingerprint density at radius 2 is 1.73 bits per heavy atom. The van der Waals surface area contributed by atoms with Gasteiger partial charge in [0.2, 0.25) is 0 Å². The number of benzene rings is 2. The van der Waals surface area contributed by atoms with E-state index in [9.17, 15) is 10.3 Å². The summed E-state index contributed by atoms with van der Waals surface area (Å²) in [5.41, 5.74) is 5.09. The predicted octanol–water partition coefficient (Wildman–Crippen LogP) is 3.85. The summed E-state index contributed by atoms with van der Waals surface area (Å²) >= 11 is 0. The Morgan fingerprint density at radius 1 is 0.955 bits per heavy atom. The molecule has 0 amide bonds. The van der Waals surface area contributed by atoms with Crippen LogP contribution in [0.1, 0.15) is 24.1 Å². The minimum atomic E-state index is 0.256. The Hall–Kier alpha value is -2.75. The fraction of sp³-hybridized carbons (Fsp3) is 0.167. The number of para-hydroxylation sites is 1. The Labute approximate surface area is 127 Å². The second-order valence-corrected chi connectivity index (χ2v) is 5.59. The van der Waals surface area contributed by atoms with E-state index in [-0.39, 0.29) is 5.75 Å². The number of aromatic hydroxyl groups is 1. The van der Waals surface area contributed by atoms with E-state index in [1.165, 1.54) is 5.69 Å². The van der Waals surface area contributed by atoms with Crippen LogP contribution < -0.4 is 0 Å². The van der Waals surface area contributed by atoms with Crippen LogP contribution in [0.4, 0.5) is 0 Å². The smallest absolute Gasteiger partial charge is 0.115 e. The number of phenols is 1. The molecule has 0 unspecified atom stereocenters. The van der Waals surface area contributed by atoms with Gasteiger partial charge in [0.25, 0.3) is 0 Å². The van der Waals surface area contributed by atoms with Gasteiger partial charge in [-0.3, -0.25) is 0 Å². The van der Waals surface area contributed by atoms with Crippen LogP contribution >= 0.6 is 0 Å². The number of hydrogen-bond acceptors (Lipinski definition) is 3. The lowest BCUT2D eigenvalue weighted by Crippen LogP contribution is -2.13. The molecule has 0 aliphatic heterocycles. The van der Waals surface area contributed by atoms with Crippen molar-refractivity contribution in [1.29, 1.82) is 0 Å². The van der Waals surface area contributed by atoms with E-state index < -0.39 is 0 Å². The molecule has 1 aromatic heterocycles. The number of hydrogen-bond donors (Lipinski definition) is 2. The standard InChI is InChI=1S/C18H16N2O2/c21-13-10-8-12(9-11-13)20-16-6-2-1-4-14(16)18-15(19-22)5-3-7-17(18)20/h1-2,4,6,8-11,21-22H,3,5,7H2. The van der Waals surface area contributed by atoms with Gasteiger partial charge in [-0.1, -0.05) is 23.4 Å². The molecular formula is C18H16N2O2. The Kier molecular flexibility index (Phi) is 2.89. The SMILES string of the molecule is ON=C1CCCc2c1c1ccccc1n2-c1ccc(O)cc1. The lowest BCUT2D eigenvalue weighted by atomic mass is 9.93. The topological polar surface area (TPSA) is 57.8 Å². The fourth-order valence-electron chi connectivity index (χ4n) is 3.40. The van der Waals surface area contributed by atoms with Crippen LogP contribution in [-0.2, 0) is 6.42 Å². The molecule has 1 aliphatic carbocycles. The van der Waals surface area contributed by atoms with Gasteiger partial charge < -0.3 is 14.9 Å². The number of fused-ring (bicyclic) bond motifs is 3. The Morgan fingerprint density at radius 3 is 2.50 bits per heavy atom. The van der Waals surface area contributed by atoms with Crippen LogP contribution in [0.25, 0.3) is 16.6 Å². The van der Waals surface area contributed by atoms with Crippen molar-refractivity contribution < 1.29 is 10.3 Å². The third-order valence-corrected chi connectivity index (χ3v) is 4.32. The summed E-state index contributed by atoms with van der Waals surface area (Å²) in [6, 6.07) is 15.4. The zero-order valence-corrected chi connectivity index (χ0v) is 12.0. The van der Waals surface area contributed by atoms with Crippen molar-refractivity contribution in [3.8, 4) is 11.4 Å². The molecule has 0 spiro atoms. The molecule has 0 bridgehead atoms. The van der Waals surface area contributed by atoms with Gasteiger partial charge in [0.15, 0.2) is 0 Å². The molecule has 2 N–H and O–H groups in total. The van der Waals surface area contributed by atoms with Gasteiger partial charge in [-0.2, -0.15) is 0 Å². The first kappa shape index (κ1) is 13.0. The number of aromatic nitrogens is 1. The second kappa shape index (κ2) is 4.91. The molecule has 2 aromatic carbocycles. The summed E-state index contributed by atoms with van der Waals surface area (Å²) in [5, 5.41) is 23.5. The number of nitrogens with zero attached hydrogens (tertiary/aromatic N) is 2. The zero-order chi connectivity index (χ0) is 15.1. The molecule has 110 valence electrons. The van der Waals surface area contributed by atoms with Crippen LogP contribution in [0.2, 0.25) is 0 Å². The van der Waals surface area contributed by atoms with Gasteiger partial charge in [0.05, 0.1) is 11.2 Å². The third-order valence-electron chi connectivity index (χ3n) is 4.32. The number of phenolic OH excluding ortho intramolecular Hbond substituents is 1. The molecule has 4 rings (SSSR count). The summed E-state index contributed by atoms with van der Waals surface area (Å²) in [4.78, 5) is 0. The van der Waals surface area contributed by atoms with E-state index in [0.717, 1.165) is 47.1 Å².